The van der Waals surface area contributed by atoms with Crippen molar-refractivity contribution in [1.82, 2.24) is 0 Å². The molecular weight excluding hydrogens is 313 g/mol. The van der Waals surface area contributed by atoms with Gasteiger partial charge in [0.1, 0.15) is 5.82 Å². The molecule has 0 radical (unpaired) electrons. The van der Waals surface area contributed by atoms with E-state index in [1.54, 1.807) is 30.3 Å². The Morgan fingerprint density at radius 2 is 2.05 bits per heavy atom. The van der Waals surface area contributed by atoms with E-state index in [1.807, 2.05) is 6.07 Å². The third kappa shape index (κ3) is 3.54. The summed E-state index contributed by atoms with van der Waals surface area (Å²) in [7, 11) is 0. The number of carbonyl (C=O) groups is 1. The molecule has 0 saturated carbocycles. The summed E-state index contributed by atoms with van der Waals surface area (Å²) in [6, 6.07) is 11.3. The lowest BCUT2D eigenvalue weighted by Crippen LogP contribution is -2.02. The number of halogens is 2. The minimum Gasteiger partial charge on any atom is -0.478 e. The van der Waals surface area contributed by atoms with Crippen LogP contribution < -0.4 is 5.32 Å². The van der Waals surface area contributed by atoms with Gasteiger partial charge < -0.3 is 10.4 Å². The summed E-state index contributed by atoms with van der Waals surface area (Å²) in [6.45, 7) is 0.471. The zero-order valence-corrected chi connectivity index (χ0v) is 11.4. The molecule has 0 heterocycles. The van der Waals surface area contributed by atoms with Crippen LogP contribution >= 0.6 is 15.9 Å². The molecule has 0 bridgehead atoms. The fourth-order valence-electron chi connectivity index (χ4n) is 1.62. The van der Waals surface area contributed by atoms with Gasteiger partial charge >= 0.3 is 5.97 Å². The summed E-state index contributed by atoms with van der Waals surface area (Å²) in [5.41, 5.74) is 1.86. The number of carboxylic acid groups (broad SMARTS) is 1. The van der Waals surface area contributed by atoms with E-state index in [9.17, 15) is 9.18 Å². The average molecular weight is 324 g/mol. The van der Waals surface area contributed by atoms with Crippen molar-refractivity contribution in [2.24, 2.45) is 0 Å². The molecule has 2 aromatic rings. The lowest BCUT2D eigenvalue weighted by atomic mass is 10.1. The van der Waals surface area contributed by atoms with Crippen LogP contribution in [-0.2, 0) is 6.54 Å². The van der Waals surface area contributed by atoms with Crippen LogP contribution in [0.2, 0.25) is 0 Å². The van der Waals surface area contributed by atoms with Crippen molar-refractivity contribution in [3.05, 3.63) is 63.9 Å². The Morgan fingerprint density at radius 1 is 1.26 bits per heavy atom. The van der Waals surface area contributed by atoms with Crippen molar-refractivity contribution in [2.45, 2.75) is 6.54 Å². The van der Waals surface area contributed by atoms with Crippen molar-refractivity contribution in [3.63, 3.8) is 0 Å². The first-order chi connectivity index (χ1) is 9.06. The lowest BCUT2D eigenvalue weighted by molar-refractivity contribution is 0.0697. The van der Waals surface area contributed by atoms with Crippen LogP contribution in [0.1, 0.15) is 15.9 Å². The molecule has 3 nitrogen and oxygen atoms in total. The highest BCUT2D eigenvalue weighted by molar-refractivity contribution is 9.10. The molecule has 0 fully saturated rings. The van der Waals surface area contributed by atoms with Gasteiger partial charge in [-0.15, -0.1) is 0 Å². The Bertz CT molecular complexity index is 616. The molecule has 98 valence electrons. The molecule has 0 amide bonds. The summed E-state index contributed by atoms with van der Waals surface area (Å²) in [6.07, 6.45) is 0. The number of carboxylic acids is 1. The van der Waals surface area contributed by atoms with Gasteiger partial charge in [0, 0.05) is 12.2 Å². The van der Waals surface area contributed by atoms with Crippen LogP contribution in [0.25, 0.3) is 0 Å². The molecule has 0 aliphatic heterocycles. The molecule has 0 saturated heterocycles. The fourth-order valence-corrected chi connectivity index (χ4v) is 2.00. The van der Waals surface area contributed by atoms with E-state index in [-0.39, 0.29) is 11.4 Å². The van der Waals surface area contributed by atoms with Gasteiger partial charge in [0.2, 0.25) is 0 Å². The predicted molar refractivity (Wildman–Crippen MR) is 74.8 cm³/mol. The normalized spacial score (nSPS) is 10.2. The second-order valence-corrected chi connectivity index (χ2v) is 4.84. The first kappa shape index (κ1) is 13.5. The number of hydrogen-bond donors (Lipinski definition) is 2. The molecule has 2 aromatic carbocycles. The summed E-state index contributed by atoms with van der Waals surface area (Å²) < 4.78 is 13.4. The minimum atomic E-state index is -0.952. The van der Waals surface area contributed by atoms with Gasteiger partial charge in [-0.3, -0.25) is 0 Å². The first-order valence-corrected chi connectivity index (χ1v) is 6.37. The highest BCUT2D eigenvalue weighted by Crippen LogP contribution is 2.20. The second-order valence-electron chi connectivity index (χ2n) is 3.99. The van der Waals surface area contributed by atoms with E-state index < -0.39 is 5.97 Å². The molecule has 5 heteroatoms. The number of benzene rings is 2. The van der Waals surface area contributed by atoms with Crippen molar-refractivity contribution in [1.29, 1.82) is 0 Å². The Hall–Kier alpha value is -1.88. The highest BCUT2D eigenvalue weighted by atomic mass is 79.9. The maximum Gasteiger partial charge on any atom is 0.335 e. The molecule has 2 rings (SSSR count). The van der Waals surface area contributed by atoms with Crippen molar-refractivity contribution in [3.8, 4) is 0 Å². The summed E-state index contributed by atoms with van der Waals surface area (Å²) in [5.74, 6) is -1.27. The second kappa shape index (κ2) is 5.84. The van der Waals surface area contributed by atoms with Gasteiger partial charge in [-0.05, 0) is 51.8 Å². The monoisotopic (exact) mass is 323 g/mol. The lowest BCUT2D eigenvalue weighted by Gasteiger charge is -2.08. The summed E-state index contributed by atoms with van der Waals surface area (Å²) >= 11 is 3.11. The molecule has 19 heavy (non-hydrogen) atoms. The SMILES string of the molecule is O=C(O)c1cccc(CNc2ccc(F)c(Br)c2)c1. The Labute approximate surface area is 118 Å². The predicted octanol–water partition coefficient (Wildman–Crippen LogP) is 3.90. The number of rotatable bonds is 4. The minimum absolute atomic E-state index is 0.250. The Balaban J connectivity index is 2.07. The van der Waals surface area contributed by atoms with E-state index in [0.29, 0.717) is 11.0 Å². The zero-order valence-electron chi connectivity index (χ0n) is 9.86. The van der Waals surface area contributed by atoms with E-state index in [2.05, 4.69) is 21.2 Å². The Kier molecular flexibility index (Phi) is 4.16. The Morgan fingerprint density at radius 3 is 2.74 bits per heavy atom. The van der Waals surface area contributed by atoms with Crippen LogP contribution in [0.3, 0.4) is 0 Å². The summed E-state index contributed by atoms with van der Waals surface area (Å²) in [5, 5.41) is 12.0. The van der Waals surface area contributed by atoms with Gasteiger partial charge in [-0.1, -0.05) is 12.1 Å². The van der Waals surface area contributed by atoms with Gasteiger partial charge in [-0.25, -0.2) is 9.18 Å². The number of aromatic carboxylic acids is 1. The quantitative estimate of drug-likeness (QED) is 0.897. The zero-order chi connectivity index (χ0) is 13.8. The van der Waals surface area contributed by atoms with Gasteiger partial charge in [0.05, 0.1) is 10.0 Å². The maximum absolute atomic E-state index is 13.1. The molecule has 0 aliphatic rings. The summed E-state index contributed by atoms with van der Waals surface area (Å²) in [4.78, 5) is 10.8. The van der Waals surface area contributed by atoms with Crippen LogP contribution in [-0.4, -0.2) is 11.1 Å². The van der Waals surface area contributed by atoms with Crippen molar-refractivity contribution < 1.29 is 14.3 Å². The molecular formula is C14H11BrFNO2. The number of anilines is 1. The third-order valence-electron chi connectivity index (χ3n) is 2.59. The first-order valence-electron chi connectivity index (χ1n) is 5.57. The molecule has 0 atom stereocenters. The van der Waals surface area contributed by atoms with Gasteiger partial charge in [0.25, 0.3) is 0 Å². The maximum atomic E-state index is 13.1. The molecule has 0 unspecified atom stereocenters. The highest BCUT2D eigenvalue weighted by Gasteiger charge is 2.04. The number of hydrogen-bond acceptors (Lipinski definition) is 2. The molecule has 0 aliphatic carbocycles. The van der Waals surface area contributed by atoms with Crippen LogP contribution in [0.15, 0.2) is 46.9 Å². The average Bonchev–Trinajstić information content (AvgIpc) is 2.40. The van der Waals surface area contributed by atoms with Crippen LogP contribution in [0.4, 0.5) is 10.1 Å². The third-order valence-corrected chi connectivity index (χ3v) is 3.20. The molecule has 0 aromatic heterocycles. The number of nitrogens with one attached hydrogen (secondary N) is 1. The van der Waals surface area contributed by atoms with E-state index in [0.717, 1.165) is 11.3 Å². The standard InChI is InChI=1S/C14H11BrFNO2/c15-12-7-11(4-5-13(12)16)17-8-9-2-1-3-10(6-9)14(18)19/h1-7,17H,8H2,(H,18,19). The molecule has 0 spiro atoms. The van der Waals surface area contributed by atoms with Gasteiger partial charge in [0.15, 0.2) is 0 Å². The van der Waals surface area contributed by atoms with E-state index >= 15 is 0 Å². The van der Waals surface area contributed by atoms with Crippen LogP contribution in [0.5, 0.6) is 0 Å². The fraction of sp³-hybridized carbons (Fsp3) is 0.0714. The van der Waals surface area contributed by atoms with E-state index in [4.69, 9.17) is 5.11 Å². The smallest absolute Gasteiger partial charge is 0.335 e. The topological polar surface area (TPSA) is 49.3 Å². The van der Waals surface area contributed by atoms with Crippen LogP contribution in [0, 0.1) is 5.82 Å². The van der Waals surface area contributed by atoms with Gasteiger partial charge in [-0.2, -0.15) is 0 Å². The van der Waals surface area contributed by atoms with E-state index in [1.165, 1.54) is 6.07 Å². The largest absolute Gasteiger partial charge is 0.478 e. The van der Waals surface area contributed by atoms with Crippen molar-refractivity contribution >= 4 is 27.6 Å². The van der Waals surface area contributed by atoms with Crippen molar-refractivity contribution in [2.75, 3.05) is 5.32 Å². The molecule has 2 N–H and O–H groups in total.